The van der Waals surface area contributed by atoms with Crippen molar-refractivity contribution >= 4 is 5.91 Å². The quantitative estimate of drug-likeness (QED) is 0.883. The van der Waals surface area contributed by atoms with Gasteiger partial charge in [0.15, 0.2) is 0 Å². The second kappa shape index (κ2) is 5.40. The fraction of sp³-hybridized carbons (Fsp3) is 0.533. The van der Waals surface area contributed by atoms with E-state index < -0.39 is 0 Å². The third-order valence-corrected chi connectivity index (χ3v) is 4.26. The summed E-state index contributed by atoms with van der Waals surface area (Å²) in [6, 6.07) is 4.31. The highest BCUT2D eigenvalue weighted by Crippen LogP contribution is 2.33. The number of hydrogen-bond donors (Lipinski definition) is 2. The maximum Gasteiger partial charge on any atom is 0.223 e. The van der Waals surface area contributed by atoms with Gasteiger partial charge in [-0.2, -0.15) is 0 Å². The molecule has 0 bridgehead atoms. The fourth-order valence-electron chi connectivity index (χ4n) is 2.70. The first-order valence-corrected chi connectivity index (χ1v) is 7.08. The molecule has 2 atom stereocenters. The van der Waals surface area contributed by atoms with Gasteiger partial charge in [0.1, 0.15) is 11.6 Å². The molecular weight excluding hydrogens is 259 g/mol. The lowest BCUT2D eigenvalue weighted by Crippen LogP contribution is -2.50. The van der Waals surface area contributed by atoms with Crippen LogP contribution in [0.3, 0.4) is 0 Å². The van der Waals surface area contributed by atoms with Crippen molar-refractivity contribution in [2.45, 2.75) is 19.4 Å². The summed E-state index contributed by atoms with van der Waals surface area (Å²) < 4.78 is 18.9. The Morgan fingerprint density at radius 3 is 3.00 bits per heavy atom. The van der Waals surface area contributed by atoms with Crippen molar-refractivity contribution in [2.75, 3.05) is 19.7 Å². The van der Waals surface area contributed by atoms with Crippen LogP contribution in [0.2, 0.25) is 0 Å². The predicted molar refractivity (Wildman–Crippen MR) is 72.9 cm³/mol. The molecule has 2 aliphatic rings. The van der Waals surface area contributed by atoms with Gasteiger partial charge in [-0.1, -0.05) is 6.92 Å². The van der Waals surface area contributed by atoms with Crippen molar-refractivity contribution in [1.29, 1.82) is 0 Å². The van der Waals surface area contributed by atoms with Gasteiger partial charge in [-0.25, -0.2) is 4.39 Å². The molecule has 2 aliphatic heterocycles. The van der Waals surface area contributed by atoms with Crippen LogP contribution < -0.4 is 15.4 Å². The molecule has 1 fully saturated rings. The molecule has 4 nitrogen and oxygen atoms in total. The molecule has 0 radical (unpaired) electrons. The summed E-state index contributed by atoms with van der Waals surface area (Å²) in [7, 11) is 0. The largest absolute Gasteiger partial charge is 0.493 e. The first kappa shape index (κ1) is 13.4. The number of ether oxygens (including phenoxy) is 1. The Morgan fingerprint density at radius 1 is 1.50 bits per heavy atom. The smallest absolute Gasteiger partial charge is 0.223 e. The highest BCUT2D eigenvalue weighted by molar-refractivity contribution is 5.79. The van der Waals surface area contributed by atoms with E-state index in [2.05, 4.69) is 10.6 Å². The van der Waals surface area contributed by atoms with Crippen LogP contribution in [0.1, 0.15) is 24.9 Å². The monoisotopic (exact) mass is 278 g/mol. The summed E-state index contributed by atoms with van der Waals surface area (Å²) in [4.78, 5) is 12.3. The number of carbonyl (C=O) groups is 1. The Bertz CT molecular complexity index is 517. The van der Waals surface area contributed by atoms with E-state index in [1.165, 1.54) is 12.1 Å². The van der Waals surface area contributed by atoms with Crippen LogP contribution in [0.5, 0.6) is 5.75 Å². The second-order valence-electron chi connectivity index (χ2n) is 5.59. The second-order valence-corrected chi connectivity index (χ2v) is 5.59. The third kappa shape index (κ3) is 2.50. The zero-order valence-electron chi connectivity index (χ0n) is 11.5. The summed E-state index contributed by atoms with van der Waals surface area (Å²) in [5.74, 6) is 0.794. The van der Waals surface area contributed by atoms with Crippen LogP contribution in [-0.4, -0.2) is 25.6 Å². The lowest BCUT2D eigenvalue weighted by atomic mass is 9.87. The van der Waals surface area contributed by atoms with E-state index in [9.17, 15) is 9.18 Å². The summed E-state index contributed by atoms with van der Waals surface area (Å²) in [6.07, 6.45) is 0.678. The molecule has 108 valence electrons. The number of rotatable bonds is 3. The minimum Gasteiger partial charge on any atom is -0.493 e. The van der Waals surface area contributed by atoms with E-state index in [-0.39, 0.29) is 23.7 Å². The van der Waals surface area contributed by atoms with Crippen LogP contribution in [0.15, 0.2) is 18.2 Å². The Balaban J connectivity index is 1.72. The van der Waals surface area contributed by atoms with Crippen LogP contribution in [0.25, 0.3) is 0 Å². The molecule has 5 heteroatoms. The summed E-state index contributed by atoms with van der Waals surface area (Å²) in [5, 5.41) is 6.21. The number of halogens is 1. The Hall–Kier alpha value is -1.62. The van der Waals surface area contributed by atoms with Gasteiger partial charge in [-0.3, -0.25) is 4.79 Å². The van der Waals surface area contributed by atoms with Gasteiger partial charge >= 0.3 is 0 Å². The van der Waals surface area contributed by atoms with Gasteiger partial charge in [-0.05, 0) is 37.2 Å². The Kier molecular flexibility index (Phi) is 3.61. The van der Waals surface area contributed by atoms with E-state index in [0.717, 1.165) is 18.7 Å². The van der Waals surface area contributed by atoms with Crippen LogP contribution in [0, 0.1) is 17.7 Å². The van der Waals surface area contributed by atoms with Crippen molar-refractivity contribution in [1.82, 2.24) is 10.6 Å². The van der Waals surface area contributed by atoms with Crippen molar-refractivity contribution in [2.24, 2.45) is 11.8 Å². The molecule has 2 heterocycles. The highest BCUT2D eigenvalue weighted by Gasteiger charge is 2.31. The Labute approximate surface area is 117 Å². The van der Waals surface area contributed by atoms with Gasteiger partial charge in [0.05, 0.1) is 12.6 Å². The molecule has 1 saturated heterocycles. The molecule has 1 aromatic rings. The average molecular weight is 278 g/mol. The SMILES string of the molecule is CC(C(=O)NC1CCOc2ccc(F)cc21)C1CNC1. The molecule has 20 heavy (non-hydrogen) atoms. The van der Waals surface area contributed by atoms with E-state index in [1.807, 2.05) is 6.92 Å². The minimum atomic E-state index is -0.301. The van der Waals surface area contributed by atoms with Gasteiger partial charge in [0.2, 0.25) is 5.91 Å². The zero-order chi connectivity index (χ0) is 14.1. The summed E-state index contributed by atoms with van der Waals surface area (Å²) in [6.45, 7) is 4.29. The van der Waals surface area contributed by atoms with Crippen LogP contribution >= 0.6 is 0 Å². The van der Waals surface area contributed by atoms with Crippen LogP contribution in [-0.2, 0) is 4.79 Å². The minimum absolute atomic E-state index is 0.0175. The fourth-order valence-corrected chi connectivity index (χ4v) is 2.70. The molecule has 1 aromatic carbocycles. The van der Waals surface area contributed by atoms with E-state index in [4.69, 9.17) is 4.74 Å². The number of amides is 1. The third-order valence-electron chi connectivity index (χ3n) is 4.26. The number of benzene rings is 1. The number of carbonyl (C=O) groups excluding carboxylic acids is 1. The first-order chi connectivity index (χ1) is 9.65. The molecule has 2 N–H and O–H groups in total. The van der Waals surface area contributed by atoms with Gasteiger partial charge < -0.3 is 15.4 Å². The zero-order valence-corrected chi connectivity index (χ0v) is 11.5. The standard InChI is InChI=1S/C15H19FN2O2/c1-9(10-7-17-8-10)15(19)18-13-4-5-20-14-3-2-11(16)6-12(13)14/h2-3,6,9-10,13,17H,4-5,7-8H2,1H3,(H,18,19). The lowest BCUT2D eigenvalue weighted by Gasteiger charge is -2.33. The lowest BCUT2D eigenvalue weighted by molar-refractivity contribution is -0.127. The maximum atomic E-state index is 13.4. The average Bonchev–Trinajstić information content (AvgIpc) is 2.37. The number of fused-ring (bicyclic) bond motifs is 1. The van der Waals surface area contributed by atoms with Crippen molar-refractivity contribution < 1.29 is 13.9 Å². The summed E-state index contributed by atoms with van der Waals surface area (Å²) >= 11 is 0. The molecule has 0 aromatic heterocycles. The molecule has 0 aliphatic carbocycles. The molecule has 0 spiro atoms. The van der Waals surface area contributed by atoms with E-state index >= 15 is 0 Å². The van der Waals surface area contributed by atoms with E-state index in [1.54, 1.807) is 6.07 Å². The first-order valence-electron chi connectivity index (χ1n) is 7.08. The van der Waals surface area contributed by atoms with E-state index in [0.29, 0.717) is 24.7 Å². The van der Waals surface area contributed by atoms with Crippen molar-refractivity contribution in [3.63, 3.8) is 0 Å². The van der Waals surface area contributed by atoms with Gasteiger partial charge in [-0.15, -0.1) is 0 Å². The maximum absolute atomic E-state index is 13.4. The van der Waals surface area contributed by atoms with Gasteiger partial charge in [0, 0.05) is 17.9 Å². The van der Waals surface area contributed by atoms with Crippen molar-refractivity contribution in [3.8, 4) is 5.75 Å². The van der Waals surface area contributed by atoms with Crippen LogP contribution in [0.4, 0.5) is 4.39 Å². The van der Waals surface area contributed by atoms with Crippen molar-refractivity contribution in [3.05, 3.63) is 29.6 Å². The number of nitrogens with one attached hydrogen (secondary N) is 2. The molecule has 0 saturated carbocycles. The van der Waals surface area contributed by atoms with Gasteiger partial charge in [0.25, 0.3) is 0 Å². The predicted octanol–water partition coefficient (Wildman–Crippen LogP) is 1.62. The molecule has 2 unspecified atom stereocenters. The highest BCUT2D eigenvalue weighted by atomic mass is 19.1. The topological polar surface area (TPSA) is 50.4 Å². The summed E-state index contributed by atoms with van der Waals surface area (Å²) in [5.41, 5.74) is 0.739. The Morgan fingerprint density at radius 2 is 2.30 bits per heavy atom. The molecular formula is C15H19FN2O2. The molecule has 3 rings (SSSR count). The number of hydrogen-bond acceptors (Lipinski definition) is 3. The normalized spacial score (nSPS) is 23.2. The molecule has 1 amide bonds.